The van der Waals surface area contributed by atoms with E-state index in [1.807, 2.05) is 6.20 Å². The van der Waals surface area contributed by atoms with Crippen LogP contribution in [0.1, 0.15) is 32.4 Å². The van der Waals surface area contributed by atoms with E-state index in [0.29, 0.717) is 6.54 Å². The summed E-state index contributed by atoms with van der Waals surface area (Å²) in [6.45, 7) is 6.24. The Bertz CT molecular complexity index is 584. The molecular weight excluding hydrogens is 254 g/mol. The molecule has 0 spiro atoms. The van der Waals surface area contributed by atoms with Gasteiger partial charge in [0.05, 0.1) is 24.6 Å². The zero-order chi connectivity index (χ0) is 14.4. The third-order valence-electron chi connectivity index (χ3n) is 2.98. The lowest BCUT2D eigenvalue weighted by atomic mass is 10.4. The lowest BCUT2D eigenvalue weighted by Gasteiger charge is -2.05. The Morgan fingerprint density at radius 2 is 1.90 bits per heavy atom. The highest BCUT2D eigenvalue weighted by atomic mass is 16.1. The lowest BCUT2D eigenvalue weighted by Crippen LogP contribution is -2.24. The average molecular weight is 275 g/mol. The van der Waals surface area contributed by atoms with Gasteiger partial charge in [0.2, 0.25) is 0 Å². The van der Waals surface area contributed by atoms with Crippen LogP contribution in [0.25, 0.3) is 0 Å². The monoisotopic (exact) mass is 275 g/mol. The quantitative estimate of drug-likeness (QED) is 0.835. The molecule has 6 heteroatoms. The van der Waals surface area contributed by atoms with Crippen LogP contribution in [-0.4, -0.2) is 25.6 Å². The Morgan fingerprint density at radius 3 is 2.55 bits per heavy atom. The second-order valence-corrected chi connectivity index (χ2v) is 4.72. The van der Waals surface area contributed by atoms with Gasteiger partial charge >= 0.3 is 5.69 Å². The van der Waals surface area contributed by atoms with Gasteiger partial charge in [0.1, 0.15) is 5.82 Å². The maximum absolute atomic E-state index is 12.0. The molecule has 0 unspecified atom stereocenters. The van der Waals surface area contributed by atoms with Gasteiger partial charge in [0.25, 0.3) is 0 Å². The molecule has 20 heavy (non-hydrogen) atoms. The lowest BCUT2D eigenvalue weighted by molar-refractivity contribution is 0.620. The summed E-state index contributed by atoms with van der Waals surface area (Å²) in [5, 5.41) is 3.17. The van der Waals surface area contributed by atoms with Crippen molar-refractivity contribution >= 4 is 5.82 Å². The van der Waals surface area contributed by atoms with Crippen molar-refractivity contribution in [3.63, 3.8) is 0 Å². The molecule has 0 saturated carbocycles. The van der Waals surface area contributed by atoms with Crippen molar-refractivity contribution in [2.24, 2.45) is 0 Å². The van der Waals surface area contributed by atoms with E-state index in [9.17, 15) is 4.79 Å². The molecule has 1 N–H and O–H groups in total. The number of rotatable bonds is 7. The van der Waals surface area contributed by atoms with Gasteiger partial charge in [-0.1, -0.05) is 13.8 Å². The number of nitrogens with one attached hydrogen (secondary N) is 1. The van der Waals surface area contributed by atoms with E-state index >= 15 is 0 Å². The highest BCUT2D eigenvalue weighted by molar-refractivity contribution is 5.30. The molecule has 0 radical (unpaired) electrons. The first-order valence-electron chi connectivity index (χ1n) is 7.05. The van der Waals surface area contributed by atoms with Crippen molar-refractivity contribution in [2.75, 3.05) is 11.9 Å². The van der Waals surface area contributed by atoms with E-state index in [1.54, 1.807) is 27.7 Å². The molecule has 0 bridgehead atoms. The molecule has 0 aromatic carbocycles. The van der Waals surface area contributed by atoms with Gasteiger partial charge in [-0.15, -0.1) is 0 Å². The zero-order valence-corrected chi connectivity index (χ0v) is 12.0. The topological polar surface area (TPSA) is 64.7 Å². The third-order valence-corrected chi connectivity index (χ3v) is 2.98. The summed E-state index contributed by atoms with van der Waals surface area (Å²) >= 11 is 0. The van der Waals surface area contributed by atoms with Crippen LogP contribution in [0.3, 0.4) is 0 Å². The van der Waals surface area contributed by atoms with E-state index < -0.39 is 0 Å². The van der Waals surface area contributed by atoms with Crippen LogP contribution >= 0.6 is 0 Å². The van der Waals surface area contributed by atoms with E-state index in [4.69, 9.17) is 0 Å². The summed E-state index contributed by atoms with van der Waals surface area (Å²) in [6, 6.07) is 0. The second-order valence-electron chi connectivity index (χ2n) is 4.72. The second kappa shape index (κ2) is 6.88. The smallest absolute Gasteiger partial charge is 0.328 e. The minimum atomic E-state index is 0.00170. The van der Waals surface area contributed by atoms with E-state index in [2.05, 4.69) is 29.1 Å². The molecule has 0 amide bonds. The number of hydrogen-bond acceptors (Lipinski definition) is 4. The van der Waals surface area contributed by atoms with Gasteiger partial charge in [-0.05, 0) is 12.8 Å². The SMILES string of the molecule is CCCNc1cnc(Cn2ccn(CCC)c2=O)cn1. The summed E-state index contributed by atoms with van der Waals surface area (Å²) in [5.74, 6) is 0.770. The first kappa shape index (κ1) is 14.3. The fraction of sp³-hybridized carbons (Fsp3) is 0.500. The number of aromatic nitrogens is 4. The van der Waals surface area contributed by atoms with Crippen molar-refractivity contribution in [1.82, 2.24) is 19.1 Å². The molecule has 0 aliphatic rings. The normalized spacial score (nSPS) is 10.7. The average Bonchev–Trinajstić information content (AvgIpc) is 2.80. The molecule has 108 valence electrons. The molecular formula is C14H21N5O. The number of anilines is 1. The molecule has 6 nitrogen and oxygen atoms in total. The molecule has 0 atom stereocenters. The molecule has 2 heterocycles. The van der Waals surface area contributed by atoms with Gasteiger partial charge in [-0.2, -0.15) is 0 Å². The van der Waals surface area contributed by atoms with Crippen LogP contribution in [0.2, 0.25) is 0 Å². The van der Waals surface area contributed by atoms with Crippen molar-refractivity contribution in [2.45, 2.75) is 39.8 Å². The van der Waals surface area contributed by atoms with E-state index in [-0.39, 0.29) is 5.69 Å². The summed E-state index contributed by atoms with van der Waals surface area (Å²) in [6.07, 6.45) is 9.02. The first-order chi connectivity index (χ1) is 9.74. The van der Waals surface area contributed by atoms with Crippen molar-refractivity contribution in [3.05, 3.63) is 41.0 Å². The highest BCUT2D eigenvalue weighted by Crippen LogP contribution is 2.02. The molecule has 2 aromatic heterocycles. The van der Waals surface area contributed by atoms with Crippen LogP contribution in [-0.2, 0) is 13.1 Å². The maximum Gasteiger partial charge on any atom is 0.328 e. The van der Waals surface area contributed by atoms with Crippen LogP contribution < -0.4 is 11.0 Å². The fourth-order valence-corrected chi connectivity index (χ4v) is 1.94. The van der Waals surface area contributed by atoms with Crippen LogP contribution in [0.5, 0.6) is 0 Å². The Morgan fingerprint density at radius 1 is 1.10 bits per heavy atom. The molecule has 0 aliphatic carbocycles. The Labute approximate surface area is 118 Å². The number of imidazole rings is 1. The van der Waals surface area contributed by atoms with Crippen LogP contribution in [0, 0.1) is 0 Å². The van der Waals surface area contributed by atoms with Crippen molar-refractivity contribution in [3.8, 4) is 0 Å². The third kappa shape index (κ3) is 3.46. The molecule has 2 rings (SSSR count). The Balaban J connectivity index is 2.04. The minimum Gasteiger partial charge on any atom is -0.369 e. The zero-order valence-electron chi connectivity index (χ0n) is 12.0. The predicted octanol–water partition coefficient (Wildman–Crippen LogP) is 1.72. The highest BCUT2D eigenvalue weighted by Gasteiger charge is 2.04. The van der Waals surface area contributed by atoms with Gasteiger partial charge < -0.3 is 5.32 Å². The van der Waals surface area contributed by atoms with E-state index in [1.165, 1.54) is 0 Å². The summed E-state index contributed by atoms with van der Waals surface area (Å²) in [4.78, 5) is 20.7. The molecule has 0 aliphatic heterocycles. The number of nitrogens with zero attached hydrogens (tertiary/aromatic N) is 4. The van der Waals surface area contributed by atoms with Gasteiger partial charge in [0.15, 0.2) is 0 Å². The Kier molecular flexibility index (Phi) is 4.92. The van der Waals surface area contributed by atoms with Crippen LogP contribution in [0.4, 0.5) is 5.82 Å². The fourth-order valence-electron chi connectivity index (χ4n) is 1.94. The van der Waals surface area contributed by atoms with Crippen molar-refractivity contribution < 1.29 is 0 Å². The number of hydrogen-bond donors (Lipinski definition) is 1. The maximum atomic E-state index is 12.0. The Hall–Kier alpha value is -2.11. The van der Waals surface area contributed by atoms with E-state index in [0.717, 1.165) is 37.4 Å². The summed E-state index contributed by atoms with van der Waals surface area (Å²) in [5.41, 5.74) is 0.783. The van der Waals surface area contributed by atoms with Crippen LogP contribution in [0.15, 0.2) is 29.6 Å². The largest absolute Gasteiger partial charge is 0.369 e. The standard InChI is InChI=1S/C14H21N5O/c1-3-5-15-13-10-16-12(9-17-13)11-19-8-7-18(6-4-2)14(19)20/h7-10H,3-6,11H2,1-2H3,(H,15,17). The first-order valence-corrected chi connectivity index (χ1v) is 7.05. The summed E-state index contributed by atoms with van der Waals surface area (Å²) in [7, 11) is 0. The van der Waals surface area contributed by atoms with Gasteiger partial charge in [-0.3, -0.25) is 14.1 Å². The molecule has 0 fully saturated rings. The summed E-state index contributed by atoms with van der Waals surface area (Å²) < 4.78 is 3.36. The molecule has 2 aromatic rings. The van der Waals surface area contributed by atoms with Gasteiger partial charge in [0, 0.05) is 25.5 Å². The van der Waals surface area contributed by atoms with Gasteiger partial charge in [-0.25, -0.2) is 9.78 Å². The predicted molar refractivity (Wildman–Crippen MR) is 78.9 cm³/mol. The number of aryl methyl sites for hydroxylation is 1. The minimum absolute atomic E-state index is 0.00170. The van der Waals surface area contributed by atoms with Crippen molar-refractivity contribution in [1.29, 1.82) is 0 Å². The molecule has 0 saturated heterocycles.